The summed E-state index contributed by atoms with van der Waals surface area (Å²) in [5.41, 5.74) is 5.91. The highest BCUT2D eigenvalue weighted by Crippen LogP contribution is 2.37. The Morgan fingerprint density at radius 1 is 1.00 bits per heavy atom. The molecule has 1 amide bonds. The minimum atomic E-state index is 0.241. The molecule has 2 saturated carbocycles. The summed E-state index contributed by atoms with van der Waals surface area (Å²) in [6.07, 6.45) is 8.42. The Balaban J connectivity index is 1.60. The van der Waals surface area contributed by atoms with E-state index in [0.29, 0.717) is 5.91 Å². The molecule has 2 aliphatic carbocycles. The highest BCUT2D eigenvalue weighted by Gasteiger charge is 2.39. The maximum atomic E-state index is 12.4. The van der Waals surface area contributed by atoms with Gasteiger partial charge >= 0.3 is 0 Å². The van der Waals surface area contributed by atoms with Gasteiger partial charge in [0, 0.05) is 25.0 Å². The Hall–Kier alpha value is -0.570. The molecule has 0 aromatic rings. The molecule has 96 valence electrons. The van der Waals surface area contributed by atoms with E-state index in [-0.39, 0.29) is 12.0 Å². The number of nitrogens with two attached hydrogens (primary N) is 1. The molecule has 4 atom stereocenters. The van der Waals surface area contributed by atoms with Gasteiger partial charge in [-0.15, -0.1) is 0 Å². The summed E-state index contributed by atoms with van der Waals surface area (Å²) in [4.78, 5) is 14.6. The molecule has 3 aliphatic rings. The Kier molecular flexibility index (Phi) is 3.12. The molecule has 3 heteroatoms. The monoisotopic (exact) mass is 236 g/mol. The zero-order chi connectivity index (χ0) is 11.8. The molecule has 0 aromatic heterocycles. The van der Waals surface area contributed by atoms with Gasteiger partial charge in [0.1, 0.15) is 0 Å². The van der Waals surface area contributed by atoms with Crippen LogP contribution in [0.3, 0.4) is 0 Å². The number of likely N-dealkylation sites (tertiary alicyclic amines) is 1. The Morgan fingerprint density at radius 2 is 1.65 bits per heavy atom. The molecule has 1 heterocycles. The smallest absolute Gasteiger partial charge is 0.225 e. The fourth-order valence-electron chi connectivity index (χ4n) is 4.08. The molecule has 0 aromatic carbocycles. The van der Waals surface area contributed by atoms with E-state index in [9.17, 15) is 4.79 Å². The third kappa shape index (κ3) is 2.22. The molecule has 17 heavy (non-hydrogen) atoms. The van der Waals surface area contributed by atoms with Crippen molar-refractivity contribution in [2.24, 2.45) is 23.5 Å². The minimum absolute atomic E-state index is 0.241. The number of carbonyl (C=O) groups is 1. The van der Waals surface area contributed by atoms with Gasteiger partial charge in [0.15, 0.2) is 0 Å². The van der Waals surface area contributed by atoms with Crippen molar-refractivity contribution in [3.8, 4) is 0 Å². The summed E-state index contributed by atoms with van der Waals surface area (Å²) < 4.78 is 0. The van der Waals surface area contributed by atoms with Crippen molar-refractivity contribution in [2.45, 2.75) is 51.0 Å². The van der Waals surface area contributed by atoms with Crippen LogP contribution in [0.4, 0.5) is 0 Å². The number of nitrogens with zero attached hydrogens (tertiary/aromatic N) is 1. The van der Waals surface area contributed by atoms with Crippen LogP contribution >= 0.6 is 0 Å². The van der Waals surface area contributed by atoms with Gasteiger partial charge in [-0.25, -0.2) is 0 Å². The Labute approximate surface area is 104 Å². The topological polar surface area (TPSA) is 46.3 Å². The second-order valence-electron chi connectivity index (χ2n) is 6.32. The van der Waals surface area contributed by atoms with Crippen LogP contribution < -0.4 is 5.73 Å². The summed E-state index contributed by atoms with van der Waals surface area (Å²) in [6.45, 7) is 2.07. The second-order valence-corrected chi connectivity index (χ2v) is 6.32. The van der Waals surface area contributed by atoms with Crippen LogP contribution in [-0.4, -0.2) is 29.9 Å². The lowest BCUT2D eigenvalue weighted by atomic mass is 9.82. The van der Waals surface area contributed by atoms with Crippen LogP contribution in [-0.2, 0) is 4.79 Å². The number of hydrogen-bond acceptors (Lipinski definition) is 2. The summed E-state index contributed by atoms with van der Waals surface area (Å²) >= 11 is 0. The number of carbonyl (C=O) groups excluding carboxylic acids is 1. The summed E-state index contributed by atoms with van der Waals surface area (Å²) in [5.74, 6) is 2.27. The van der Waals surface area contributed by atoms with E-state index in [1.807, 2.05) is 0 Å². The maximum absolute atomic E-state index is 12.4. The van der Waals surface area contributed by atoms with Gasteiger partial charge in [-0.1, -0.05) is 12.8 Å². The first-order valence-corrected chi connectivity index (χ1v) is 7.28. The SMILES string of the molecule is NC1CCC(C(=O)N2CC3CCCCC3C2)C1. The largest absolute Gasteiger partial charge is 0.342 e. The molecule has 1 saturated heterocycles. The lowest BCUT2D eigenvalue weighted by molar-refractivity contribution is -0.134. The Bertz CT molecular complexity index is 291. The molecule has 4 unspecified atom stereocenters. The summed E-state index contributed by atoms with van der Waals surface area (Å²) in [7, 11) is 0. The zero-order valence-electron chi connectivity index (χ0n) is 10.6. The van der Waals surface area contributed by atoms with Crippen molar-refractivity contribution in [1.29, 1.82) is 0 Å². The quantitative estimate of drug-likeness (QED) is 0.754. The first-order valence-electron chi connectivity index (χ1n) is 7.28. The van der Waals surface area contributed by atoms with Crippen LogP contribution in [0.15, 0.2) is 0 Å². The normalized spacial score (nSPS) is 41.6. The maximum Gasteiger partial charge on any atom is 0.225 e. The van der Waals surface area contributed by atoms with E-state index in [0.717, 1.165) is 44.2 Å². The standard InChI is InChI=1S/C14H24N2O/c15-13-6-5-10(7-13)14(17)16-8-11-3-1-2-4-12(11)9-16/h10-13H,1-9,15H2. The predicted molar refractivity (Wildman–Crippen MR) is 67.3 cm³/mol. The molecule has 3 rings (SSSR count). The molecule has 2 N–H and O–H groups in total. The van der Waals surface area contributed by atoms with Gasteiger partial charge < -0.3 is 10.6 Å². The van der Waals surface area contributed by atoms with Crippen LogP contribution in [0.25, 0.3) is 0 Å². The number of hydrogen-bond donors (Lipinski definition) is 1. The van der Waals surface area contributed by atoms with Gasteiger partial charge in [-0.05, 0) is 43.9 Å². The van der Waals surface area contributed by atoms with E-state index in [1.54, 1.807) is 0 Å². The van der Waals surface area contributed by atoms with E-state index in [2.05, 4.69) is 4.90 Å². The van der Waals surface area contributed by atoms with Crippen molar-refractivity contribution >= 4 is 5.91 Å². The summed E-state index contributed by atoms with van der Waals surface area (Å²) in [5, 5.41) is 0. The van der Waals surface area contributed by atoms with Crippen molar-refractivity contribution in [1.82, 2.24) is 4.90 Å². The van der Waals surface area contributed by atoms with Crippen LogP contribution in [0.5, 0.6) is 0 Å². The van der Waals surface area contributed by atoms with Crippen molar-refractivity contribution in [2.75, 3.05) is 13.1 Å². The average Bonchev–Trinajstić information content (AvgIpc) is 2.93. The van der Waals surface area contributed by atoms with E-state index >= 15 is 0 Å². The van der Waals surface area contributed by atoms with E-state index < -0.39 is 0 Å². The fourth-order valence-corrected chi connectivity index (χ4v) is 4.08. The average molecular weight is 236 g/mol. The molecule has 0 bridgehead atoms. The molecule has 3 nitrogen and oxygen atoms in total. The Morgan fingerprint density at radius 3 is 2.18 bits per heavy atom. The lowest BCUT2D eigenvalue weighted by Crippen LogP contribution is -2.34. The molecule has 1 aliphatic heterocycles. The van der Waals surface area contributed by atoms with Crippen molar-refractivity contribution in [3.63, 3.8) is 0 Å². The van der Waals surface area contributed by atoms with Gasteiger partial charge in [-0.3, -0.25) is 4.79 Å². The predicted octanol–water partition coefficient (Wildman–Crippen LogP) is 1.76. The first kappa shape index (κ1) is 11.5. The highest BCUT2D eigenvalue weighted by molar-refractivity contribution is 5.79. The second kappa shape index (κ2) is 4.60. The van der Waals surface area contributed by atoms with Gasteiger partial charge in [0.05, 0.1) is 0 Å². The van der Waals surface area contributed by atoms with Crippen LogP contribution in [0.1, 0.15) is 44.9 Å². The first-order chi connectivity index (χ1) is 8.24. The van der Waals surface area contributed by atoms with Gasteiger partial charge in [0.2, 0.25) is 5.91 Å². The molecule has 0 radical (unpaired) electrons. The van der Waals surface area contributed by atoms with Crippen molar-refractivity contribution < 1.29 is 4.79 Å². The summed E-state index contributed by atoms with van der Waals surface area (Å²) in [6, 6.07) is 0.272. The third-order valence-corrected chi connectivity index (χ3v) is 5.11. The molecular formula is C14H24N2O. The number of rotatable bonds is 1. The van der Waals surface area contributed by atoms with E-state index in [4.69, 9.17) is 5.73 Å². The molecular weight excluding hydrogens is 212 g/mol. The number of fused-ring (bicyclic) bond motifs is 1. The van der Waals surface area contributed by atoms with Gasteiger partial charge in [0.25, 0.3) is 0 Å². The van der Waals surface area contributed by atoms with E-state index in [1.165, 1.54) is 25.7 Å². The van der Waals surface area contributed by atoms with Crippen LogP contribution in [0.2, 0.25) is 0 Å². The molecule has 0 spiro atoms. The lowest BCUT2D eigenvalue weighted by Gasteiger charge is -2.22. The fraction of sp³-hybridized carbons (Fsp3) is 0.929. The highest BCUT2D eigenvalue weighted by atomic mass is 16.2. The zero-order valence-corrected chi connectivity index (χ0v) is 10.6. The third-order valence-electron chi connectivity index (χ3n) is 5.11. The number of amides is 1. The van der Waals surface area contributed by atoms with Gasteiger partial charge in [-0.2, -0.15) is 0 Å². The minimum Gasteiger partial charge on any atom is -0.342 e. The van der Waals surface area contributed by atoms with Crippen molar-refractivity contribution in [3.05, 3.63) is 0 Å². The molecule has 3 fully saturated rings. The van der Waals surface area contributed by atoms with Crippen LogP contribution in [0, 0.1) is 17.8 Å².